The number of rotatable bonds is 6. The van der Waals surface area contributed by atoms with Crippen LogP contribution in [0.5, 0.6) is 0 Å². The summed E-state index contributed by atoms with van der Waals surface area (Å²) in [6.45, 7) is 5.64. The third-order valence-corrected chi connectivity index (χ3v) is 2.18. The van der Waals surface area contributed by atoms with Crippen molar-refractivity contribution < 1.29 is 4.52 Å². The van der Waals surface area contributed by atoms with Crippen LogP contribution in [-0.2, 0) is 13.1 Å². The van der Waals surface area contributed by atoms with E-state index in [2.05, 4.69) is 29.3 Å². The molecule has 1 aromatic heterocycles. The molecule has 0 saturated heterocycles. The molecule has 1 heterocycles. The molecule has 15 heavy (non-hydrogen) atoms. The van der Waals surface area contributed by atoms with E-state index in [1.54, 1.807) is 0 Å². The Hall–Kier alpha value is -0.940. The van der Waals surface area contributed by atoms with Crippen LogP contribution in [0.2, 0.25) is 0 Å². The summed E-state index contributed by atoms with van der Waals surface area (Å²) in [4.78, 5) is 6.29. The fraction of sp³-hybridized carbons (Fsp3) is 0.800. The van der Waals surface area contributed by atoms with Crippen LogP contribution in [0, 0.1) is 0 Å². The molecule has 1 rings (SSSR count). The van der Waals surface area contributed by atoms with E-state index in [1.165, 1.54) is 0 Å². The van der Waals surface area contributed by atoms with Crippen LogP contribution in [0.1, 0.15) is 32.0 Å². The van der Waals surface area contributed by atoms with Crippen LogP contribution in [-0.4, -0.2) is 35.2 Å². The summed E-state index contributed by atoms with van der Waals surface area (Å²) in [6, 6.07) is 0.481. The smallest absolute Gasteiger partial charge is 0.240 e. The Morgan fingerprint density at radius 2 is 2.20 bits per heavy atom. The molecule has 0 aliphatic rings. The van der Waals surface area contributed by atoms with E-state index in [4.69, 9.17) is 4.52 Å². The van der Waals surface area contributed by atoms with Crippen LogP contribution >= 0.6 is 0 Å². The second-order valence-corrected chi connectivity index (χ2v) is 4.03. The lowest BCUT2D eigenvalue weighted by atomic mass is 10.3. The normalized spacial score (nSPS) is 13.4. The average Bonchev–Trinajstić information content (AvgIpc) is 2.61. The van der Waals surface area contributed by atoms with Crippen molar-refractivity contribution in [1.82, 2.24) is 20.4 Å². The maximum atomic E-state index is 5.11. The summed E-state index contributed by atoms with van der Waals surface area (Å²) in [6.07, 6.45) is 1.10. The van der Waals surface area contributed by atoms with Crippen LogP contribution in [0.25, 0.3) is 0 Å². The van der Waals surface area contributed by atoms with Gasteiger partial charge in [0.1, 0.15) is 0 Å². The van der Waals surface area contributed by atoms with Crippen molar-refractivity contribution in [3.63, 3.8) is 0 Å². The van der Waals surface area contributed by atoms with Crippen molar-refractivity contribution in [1.29, 1.82) is 0 Å². The van der Waals surface area contributed by atoms with Crippen molar-refractivity contribution >= 4 is 0 Å². The standard InChI is InChI=1S/C10H20N4O/c1-5-8(2)11-6-10-12-9(13-15-10)7-14(3)4/h8,11H,5-7H2,1-4H3. The molecule has 5 nitrogen and oxygen atoms in total. The molecule has 1 atom stereocenters. The molecule has 0 aliphatic heterocycles. The SMILES string of the molecule is CCC(C)NCc1nc(CN(C)C)no1. The van der Waals surface area contributed by atoms with Crippen molar-refractivity contribution in [3.05, 3.63) is 11.7 Å². The highest BCUT2D eigenvalue weighted by atomic mass is 16.5. The minimum Gasteiger partial charge on any atom is -0.338 e. The molecule has 0 amide bonds. The van der Waals surface area contributed by atoms with Gasteiger partial charge >= 0.3 is 0 Å². The molecule has 0 fully saturated rings. The van der Waals surface area contributed by atoms with E-state index in [-0.39, 0.29) is 0 Å². The Morgan fingerprint density at radius 1 is 1.47 bits per heavy atom. The Morgan fingerprint density at radius 3 is 2.80 bits per heavy atom. The van der Waals surface area contributed by atoms with Gasteiger partial charge in [-0.1, -0.05) is 12.1 Å². The van der Waals surface area contributed by atoms with Crippen molar-refractivity contribution in [2.75, 3.05) is 14.1 Å². The van der Waals surface area contributed by atoms with Crippen LogP contribution in [0.3, 0.4) is 0 Å². The highest BCUT2D eigenvalue weighted by Gasteiger charge is 2.07. The van der Waals surface area contributed by atoms with Gasteiger partial charge in [0.05, 0.1) is 13.1 Å². The van der Waals surface area contributed by atoms with Gasteiger partial charge in [-0.2, -0.15) is 4.98 Å². The molecular weight excluding hydrogens is 192 g/mol. The molecule has 1 N–H and O–H groups in total. The van der Waals surface area contributed by atoms with Gasteiger partial charge in [0.15, 0.2) is 5.82 Å². The van der Waals surface area contributed by atoms with Gasteiger partial charge in [-0.3, -0.25) is 0 Å². The van der Waals surface area contributed by atoms with Crippen LogP contribution in [0.15, 0.2) is 4.52 Å². The van der Waals surface area contributed by atoms with Gasteiger partial charge < -0.3 is 14.7 Å². The summed E-state index contributed by atoms with van der Waals surface area (Å²) in [5, 5.41) is 7.20. The summed E-state index contributed by atoms with van der Waals surface area (Å²) < 4.78 is 5.11. The zero-order valence-corrected chi connectivity index (χ0v) is 9.95. The molecule has 86 valence electrons. The Labute approximate surface area is 90.8 Å². The van der Waals surface area contributed by atoms with E-state index in [0.717, 1.165) is 12.2 Å². The van der Waals surface area contributed by atoms with E-state index >= 15 is 0 Å². The molecule has 1 unspecified atom stereocenters. The summed E-state index contributed by atoms with van der Waals surface area (Å²) in [5.74, 6) is 1.40. The largest absolute Gasteiger partial charge is 0.338 e. The molecule has 0 saturated carbocycles. The van der Waals surface area contributed by atoms with Gasteiger partial charge in [-0.25, -0.2) is 0 Å². The topological polar surface area (TPSA) is 54.2 Å². The van der Waals surface area contributed by atoms with Gasteiger partial charge in [0.2, 0.25) is 5.89 Å². The second-order valence-electron chi connectivity index (χ2n) is 4.03. The third-order valence-electron chi connectivity index (χ3n) is 2.18. The first kappa shape index (κ1) is 12.1. The molecule has 1 aromatic rings. The fourth-order valence-corrected chi connectivity index (χ4v) is 1.11. The Balaban J connectivity index is 2.39. The number of aromatic nitrogens is 2. The highest BCUT2D eigenvalue weighted by Crippen LogP contribution is 2.00. The van der Waals surface area contributed by atoms with E-state index in [9.17, 15) is 0 Å². The first-order valence-electron chi connectivity index (χ1n) is 5.31. The average molecular weight is 212 g/mol. The maximum Gasteiger partial charge on any atom is 0.240 e. The van der Waals surface area contributed by atoms with Gasteiger partial charge in [-0.05, 0) is 27.4 Å². The van der Waals surface area contributed by atoms with Crippen molar-refractivity contribution in [2.45, 2.75) is 39.4 Å². The summed E-state index contributed by atoms with van der Waals surface area (Å²) in [5.41, 5.74) is 0. The molecule has 0 radical (unpaired) electrons. The maximum absolute atomic E-state index is 5.11. The number of nitrogens with one attached hydrogen (secondary N) is 1. The number of nitrogens with zero attached hydrogens (tertiary/aromatic N) is 3. The second kappa shape index (κ2) is 5.82. The molecular formula is C10H20N4O. The molecule has 0 aromatic carbocycles. The van der Waals surface area contributed by atoms with Crippen molar-refractivity contribution in [2.24, 2.45) is 0 Å². The summed E-state index contributed by atoms with van der Waals surface area (Å²) in [7, 11) is 3.96. The summed E-state index contributed by atoms with van der Waals surface area (Å²) >= 11 is 0. The molecule has 5 heteroatoms. The lowest BCUT2D eigenvalue weighted by molar-refractivity contribution is 0.339. The minimum atomic E-state index is 0.481. The van der Waals surface area contributed by atoms with Gasteiger partial charge in [0, 0.05) is 6.04 Å². The van der Waals surface area contributed by atoms with Crippen LogP contribution < -0.4 is 5.32 Å². The first-order valence-corrected chi connectivity index (χ1v) is 5.31. The third kappa shape index (κ3) is 4.40. The Kier molecular flexibility index (Phi) is 4.71. The molecule has 0 spiro atoms. The number of hydrogen-bond acceptors (Lipinski definition) is 5. The Bertz CT molecular complexity index is 285. The fourth-order valence-electron chi connectivity index (χ4n) is 1.11. The zero-order chi connectivity index (χ0) is 11.3. The monoisotopic (exact) mass is 212 g/mol. The van der Waals surface area contributed by atoms with Gasteiger partial charge in [-0.15, -0.1) is 0 Å². The molecule has 0 aliphatic carbocycles. The quantitative estimate of drug-likeness (QED) is 0.763. The lowest BCUT2D eigenvalue weighted by Gasteiger charge is -2.07. The zero-order valence-electron chi connectivity index (χ0n) is 9.95. The molecule has 0 bridgehead atoms. The number of hydrogen-bond donors (Lipinski definition) is 1. The first-order chi connectivity index (χ1) is 7.11. The van der Waals surface area contributed by atoms with E-state index in [1.807, 2.05) is 19.0 Å². The minimum absolute atomic E-state index is 0.481. The van der Waals surface area contributed by atoms with Crippen LogP contribution in [0.4, 0.5) is 0 Å². The lowest BCUT2D eigenvalue weighted by Crippen LogP contribution is -2.24. The predicted octanol–water partition coefficient (Wildman–Crippen LogP) is 1.02. The predicted molar refractivity (Wildman–Crippen MR) is 58.3 cm³/mol. The van der Waals surface area contributed by atoms with Crippen molar-refractivity contribution in [3.8, 4) is 0 Å². The van der Waals surface area contributed by atoms with E-state index in [0.29, 0.717) is 25.0 Å². The highest BCUT2D eigenvalue weighted by molar-refractivity contribution is 4.85. The van der Waals surface area contributed by atoms with E-state index < -0.39 is 0 Å². The van der Waals surface area contributed by atoms with Gasteiger partial charge in [0.25, 0.3) is 0 Å².